The fourth-order valence-electron chi connectivity index (χ4n) is 3.18. The lowest BCUT2D eigenvalue weighted by atomic mass is 9.78. The van der Waals surface area contributed by atoms with Gasteiger partial charge in [-0.15, -0.1) is 0 Å². The van der Waals surface area contributed by atoms with Gasteiger partial charge in [-0.25, -0.2) is 0 Å². The first kappa shape index (κ1) is 17.0. The van der Waals surface area contributed by atoms with Crippen molar-refractivity contribution in [2.45, 2.75) is 79.7 Å². The van der Waals surface area contributed by atoms with Gasteiger partial charge in [0.1, 0.15) is 0 Å². The summed E-state index contributed by atoms with van der Waals surface area (Å²) < 4.78 is 0. The molecule has 0 saturated heterocycles. The molecule has 0 aliphatic carbocycles. The molecule has 0 aliphatic rings. The second-order valence-electron chi connectivity index (χ2n) is 6.08. The van der Waals surface area contributed by atoms with Crippen LogP contribution >= 0.6 is 0 Å². The zero-order valence-corrected chi connectivity index (χ0v) is 13.1. The predicted molar refractivity (Wildman–Crippen MR) is 79.4 cm³/mol. The monoisotopic (exact) mass is 241 g/mol. The maximum absolute atomic E-state index is 3.72. The van der Waals surface area contributed by atoms with Crippen LogP contribution in [-0.4, -0.2) is 12.6 Å². The van der Waals surface area contributed by atoms with Crippen LogP contribution in [0.5, 0.6) is 0 Å². The molecule has 0 aromatic heterocycles. The molecular formula is C16H35N. The van der Waals surface area contributed by atoms with Crippen molar-refractivity contribution in [2.24, 2.45) is 17.8 Å². The first-order valence-corrected chi connectivity index (χ1v) is 7.77. The first-order chi connectivity index (χ1) is 8.04. The van der Waals surface area contributed by atoms with Gasteiger partial charge in [-0.1, -0.05) is 67.2 Å². The molecule has 0 bridgehead atoms. The lowest BCUT2D eigenvalue weighted by Gasteiger charge is -2.34. The summed E-state index contributed by atoms with van der Waals surface area (Å²) in [6.07, 6.45) is 6.88. The molecule has 0 aromatic rings. The Morgan fingerprint density at radius 1 is 0.824 bits per heavy atom. The number of nitrogens with one attached hydrogen (secondary N) is 1. The van der Waals surface area contributed by atoms with E-state index < -0.39 is 0 Å². The Morgan fingerprint density at radius 3 is 1.82 bits per heavy atom. The maximum Gasteiger partial charge on any atom is 0.0100 e. The SMILES string of the molecule is CCCCCCC(NCC)C(C(C)C)C(C)C. The molecule has 17 heavy (non-hydrogen) atoms. The number of hydrogen-bond acceptors (Lipinski definition) is 1. The molecule has 0 spiro atoms. The Bertz CT molecular complexity index is 155. The molecule has 104 valence electrons. The molecule has 0 fully saturated rings. The molecule has 1 nitrogen and oxygen atoms in total. The van der Waals surface area contributed by atoms with Crippen molar-refractivity contribution in [3.8, 4) is 0 Å². The minimum Gasteiger partial charge on any atom is -0.314 e. The van der Waals surface area contributed by atoms with E-state index in [-0.39, 0.29) is 0 Å². The van der Waals surface area contributed by atoms with E-state index in [9.17, 15) is 0 Å². The number of hydrogen-bond donors (Lipinski definition) is 1. The topological polar surface area (TPSA) is 12.0 Å². The highest BCUT2D eigenvalue weighted by Gasteiger charge is 2.26. The van der Waals surface area contributed by atoms with E-state index in [2.05, 4.69) is 46.9 Å². The standard InChI is InChI=1S/C16H35N/c1-7-9-10-11-12-15(17-8-2)16(13(3)4)14(5)6/h13-17H,7-12H2,1-6H3. The highest BCUT2D eigenvalue weighted by atomic mass is 14.9. The fraction of sp³-hybridized carbons (Fsp3) is 1.00. The van der Waals surface area contributed by atoms with Crippen molar-refractivity contribution < 1.29 is 0 Å². The Labute approximate surface area is 110 Å². The maximum atomic E-state index is 3.72. The highest BCUT2D eigenvalue weighted by molar-refractivity contribution is 4.80. The van der Waals surface area contributed by atoms with E-state index in [1.807, 2.05) is 0 Å². The molecule has 1 N–H and O–H groups in total. The van der Waals surface area contributed by atoms with E-state index in [4.69, 9.17) is 0 Å². The lowest BCUT2D eigenvalue weighted by Crippen LogP contribution is -2.41. The molecule has 0 aromatic carbocycles. The summed E-state index contributed by atoms with van der Waals surface area (Å²) in [6, 6.07) is 0.719. The third-order valence-corrected chi connectivity index (χ3v) is 3.84. The molecule has 0 rings (SSSR count). The van der Waals surface area contributed by atoms with E-state index in [1.54, 1.807) is 0 Å². The number of rotatable bonds is 10. The van der Waals surface area contributed by atoms with Crippen LogP contribution in [0, 0.1) is 17.8 Å². The zero-order chi connectivity index (χ0) is 13.3. The van der Waals surface area contributed by atoms with Crippen molar-refractivity contribution >= 4 is 0 Å². The summed E-state index contributed by atoms with van der Waals surface area (Å²) >= 11 is 0. The van der Waals surface area contributed by atoms with Gasteiger partial charge >= 0.3 is 0 Å². The van der Waals surface area contributed by atoms with Crippen molar-refractivity contribution in [3.63, 3.8) is 0 Å². The summed E-state index contributed by atoms with van der Waals surface area (Å²) in [6.45, 7) is 15.1. The zero-order valence-electron chi connectivity index (χ0n) is 13.1. The molecular weight excluding hydrogens is 206 g/mol. The molecule has 0 amide bonds. The van der Waals surface area contributed by atoms with Gasteiger partial charge in [-0.2, -0.15) is 0 Å². The second kappa shape index (κ2) is 9.94. The van der Waals surface area contributed by atoms with Crippen LogP contribution in [0.25, 0.3) is 0 Å². The average Bonchev–Trinajstić information content (AvgIpc) is 2.23. The fourth-order valence-corrected chi connectivity index (χ4v) is 3.18. The smallest absolute Gasteiger partial charge is 0.0100 e. The van der Waals surface area contributed by atoms with Crippen LogP contribution in [0.3, 0.4) is 0 Å². The van der Waals surface area contributed by atoms with Gasteiger partial charge in [0.2, 0.25) is 0 Å². The third kappa shape index (κ3) is 7.08. The van der Waals surface area contributed by atoms with Crippen LogP contribution in [0.15, 0.2) is 0 Å². The quantitative estimate of drug-likeness (QED) is 0.538. The summed E-state index contributed by atoms with van der Waals surface area (Å²) in [5.41, 5.74) is 0. The molecule has 0 heterocycles. The minimum absolute atomic E-state index is 0.719. The Morgan fingerprint density at radius 2 is 1.41 bits per heavy atom. The van der Waals surface area contributed by atoms with E-state index in [0.29, 0.717) is 0 Å². The van der Waals surface area contributed by atoms with E-state index in [0.717, 1.165) is 30.3 Å². The van der Waals surface area contributed by atoms with Crippen molar-refractivity contribution in [2.75, 3.05) is 6.54 Å². The van der Waals surface area contributed by atoms with E-state index >= 15 is 0 Å². The van der Waals surface area contributed by atoms with Crippen LogP contribution in [0.1, 0.15) is 73.6 Å². The number of unbranched alkanes of at least 4 members (excludes halogenated alkanes) is 3. The van der Waals surface area contributed by atoms with Gasteiger partial charge in [-0.3, -0.25) is 0 Å². The Kier molecular flexibility index (Phi) is 9.91. The van der Waals surface area contributed by atoms with Crippen LogP contribution < -0.4 is 5.32 Å². The first-order valence-electron chi connectivity index (χ1n) is 7.77. The summed E-state index contributed by atoms with van der Waals surface area (Å²) in [5, 5.41) is 3.72. The van der Waals surface area contributed by atoms with Gasteiger partial charge < -0.3 is 5.32 Å². The van der Waals surface area contributed by atoms with Crippen molar-refractivity contribution in [1.29, 1.82) is 0 Å². The van der Waals surface area contributed by atoms with Gasteiger partial charge in [-0.05, 0) is 30.7 Å². The summed E-state index contributed by atoms with van der Waals surface area (Å²) in [7, 11) is 0. The van der Waals surface area contributed by atoms with Crippen molar-refractivity contribution in [1.82, 2.24) is 5.32 Å². The van der Waals surface area contributed by atoms with Gasteiger partial charge in [0.15, 0.2) is 0 Å². The molecule has 0 radical (unpaired) electrons. The molecule has 1 atom stereocenters. The van der Waals surface area contributed by atoms with Crippen LogP contribution in [0.4, 0.5) is 0 Å². The average molecular weight is 241 g/mol. The van der Waals surface area contributed by atoms with Crippen LogP contribution in [-0.2, 0) is 0 Å². The third-order valence-electron chi connectivity index (χ3n) is 3.84. The molecule has 1 unspecified atom stereocenters. The van der Waals surface area contributed by atoms with Crippen LogP contribution in [0.2, 0.25) is 0 Å². The normalized spacial score (nSPS) is 13.9. The second-order valence-corrected chi connectivity index (χ2v) is 6.08. The Balaban J connectivity index is 4.25. The largest absolute Gasteiger partial charge is 0.314 e. The summed E-state index contributed by atoms with van der Waals surface area (Å²) in [4.78, 5) is 0. The van der Waals surface area contributed by atoms with E-state index in [1.165, 1.54) is 32.1 Å². The minimum atomic E-state index is 0.719. The summed E-state index contributed by atoms with van der Waals surface area (Å²) in [5.74, 6) is 2.38. The highest BCUT2D eigenvalue weighted by Crippen LogP contribution is 2.27. The van der Waals surface area contributed by atoms with Gasteiger partial charge in [0.25, 0.3) is 0 Å². The molecule has 0 saturated carbocycles. The Hall–Kier alpha value is -0.0400. The lowest BCUT2D eigenvalue weighted by molar-refractivity contribution is 0.198. The molecule has 0 aliphatic heterocycles. The van der Waals surface area contributed by atoms with Gasteiger partial charge in [0, 0.05) is 6.04 Å². The predicted octanol–water partition coefficient (Wildman–Crippen LogP) is 4.86. The van der Waals surface area contributed by atoms with Gasteiger partial charge in [0.05, 0.1) is 0 Å². The van der Waals surface area contributed by atoms with Crippen molar-refractivity contribution in [3.05, 3.63) is 0 Å². The molecule has 1 heteroatoms.